The Morgan fingerprint density at radius 3 is 1.26 bits per heavy atom. The van der Waals surface area contributed by atoms with Gasteiger partial charge >= 0.3 is 53.8 Å². The summed E-state index contributed by atoms with van der Waals surface area (Å²) in [6, 6.07) is 13.6. The molecular formula is C51H63N3O24. The van der Waals surface area contributed by atoms with E-state index in [1.165, 1.54) is 0 Å². The van der Waals surface area contributed by atoms with Crippen molar-refractivity contribution in [1.82, 2.24) is 16.0 Å². The lowest BCUT2D eigenvalue weighted by molar-refractivity contribution is -0.307. The van der Waals surface area contributed by atoms with Crippen LogP contribution in [0.1, 0.15) is 78.9 Å². The van der Waals surface area contributed by atoms with Crippen LogP contribution in [0.15, 0.2) is 48.5 Å². The van der Waals surface area contributed by atoms with Crippen molar-refractivity contribution >= 4 is 65.7 Å². The Morgan fingerprint density at radius 1 is 0.462 bits per heavy atom. The van der Waals surface area contributed by atoms with Crippen molar-refractivity contribution in [2.45, 2.75) is 135 Å². The van der Waals surface area contributed by atoms with Crippen LogP contribution in [-0.4, -0.2) is 179 Å². The molecule has 0 radical (unpaired) electrons. The Balaban J connectivity index is 1.29. The second kappa shape index (κ2) is 29.1. The van der Waals surface area contributed by atoms with Crippen LogP contribution in [0.5, 0.6) is 0 Å². The van der Waals surface area contributed by atoms with Gasteiger partial charge in [-0.15, -0.1) is 0 Å². The maximum Gasteiger partial charge on any atom is 0.407 e. The highest BCUT2D eigenvalue weighted by Crippen LogP contribution is 2.44. The monoisotopic (exact) mass is 1100 g/mol. The third-order valence-corrected chi connectivity index (χ3v) is 11.6. The topological polar surface area (TPSA) is 344 Å². The Kier molecular flexibility index (Phi) is 22.8. The molecule has 27 nitrogen and oxygen atoms in total. The molecule has 0 bridgehead atoms. The number of esters is 8. The van der Waals surface area contributed by atoms with Gasteiger partial charge in [0.25, 0.3) is 0 Å². The molecule has 0 spiro atoms. The first-order valence-corrected chi connectivity index (χ1v) is 24.5. The van der Waals surface area contributed by atoms with Gasteiger partial charge in [0.05, 0.1) is 19.6 Å². The number of rotatable bonds is 24. The Morgan fingerprint density at radius 2 is 0.846 bits per heavy atom. The van der Waals surface area contributed by atoms with E-state index in [0.717, 1.165) is 77.6 Å². The van der Waals surface area contributed by atoms with Gasteiger partial charge in [0, 0.05) is 74.4 Å². The third kappa shape index (κ3) is 17.9. The number of amides is 3. The lowest BCUT2D eigenvalue weighted by Crippen LogP contribution is -2.63. The zero-order valence-corrected chi connectivity index (χ0v) is 44.0. The fourth-order valence-electron chi connectivity index (χ4n) is 8.73. The number of ether oxygens (including phenoxy) is 13. The van der Waals surface area contributed by atoms with E-state index >= 15 is 0 Å². The summed E-state index contributed by atoms with van der Waals surface area (Å²) < 4.78 is 71.8. The van der Waals surface area contributed by atoms with Gasteiger partial charge in [-0.05, 0) is 22.3 Å². The van der Waals surface area contributed by atoms with Crippen LogP contribution in [0.3, 0.4) is 0 Å². The van der Waals surface area contributed by atoms with E-state index in [1.54, 1.807) is 0 Å². The SMILES string of the molecule is CC(=O)OC[C@H]1O[C@H](OCCNC(=O)C[C@H](NC(=O)OCC2c3ccccc3-c3ccccc32)C(=O)NCCO[C@H]2O[C@H](COC(C)=O)[C@@H](OC(C)=O)[C@H](OC(C)=O)[C@@H]2OC(C)=O)[C@@H](OC(C)=O)[C@@H](OC(C)=O)[C@@H]1OC(C)=O. The number of carbonyl (C=O) groups excluding carboxylic acids is 11. The standard InChI is InChI=1S/C51H63N3O24/c1-25(55)68-23-39-42(71-27(3)57)44(73-29(5)59)46(75-31(7)61)49(77-39)66-19-17-52-41(63)21-38(54-51(65)70-22-37-35-15-11-9-13-33(35)34-14-10-12-16-36(34)37)48(64)53-18-20-67-50-47(76-32(8)62)45(74-30(6)60)43(72-28(4)58)40(78-50)24-69-26(2)56/h9-16,37-40,42-47,49-50H,17-24H2,1-8H3,(H,52,63)(H,53,64)(H,54,65)/t38-,39+,40+,42+,43+,44-,45-,46-,47-,49-,50-/m0/s1. The number of alkyl carbamates (subject to hydrolysis) is 1. The summed E-state index contributed by atoms with van der Waals surface area (Å²) in [6.07, 6.45) is -16.6. The van der Waals surface area contributed by atoms with Crippen molar-refractivity contribution in [1.29, 1.82) is 0 Å². The lowest BCUT2D eigenvalue weighted by atomic mass is 9.98. The smallest absolute Gasteiger partial charge is 0.407 e. The summed E-state index contributed by atoms with van der Waals surface area (Å²) in [5, 5.41) is 7.53. The molecule has 2 fully saturated rings. The summed E-state index contributed by atoms with van der Waals surface area (Å²) in [7, 11) is 0. The molecule has 3 N–H and O–H groups in total. The molecule has 1 aliphatic carbocycles. The van der Waals surface area contributed by atoms with Crippen molar-refractivity contribution in [2.24, 2.45) is 0 Å². The molecule has 11 atom stereocenters. The molecule has 426 valence electrons. The van der Waals surface area contributed by atoms with Crippen LogP contribution in [0.2, 0.25) is 0 Å². The summed E-state index contributed by atoms with van der Waals surface area (Å²) >= 11 is 0. The molecule has 78 heavy (non-hydrogen) atoms. The summed E-state index contributed by atoms with van der Waals surface area (Å²) in [6.45, 7) is 5.84. The molecule has 5 rings (SSSR count). The largest absolute Gasteiger partial charge is 0.463 e. The normalized spacial score (nSPS) is 23.5. The van der Waals surface area contributed by atoms with Crippen molar-refractivity contribution in [3.8, 4) is 11.1 Å². The van der Waals surface area contributed by atoms with Gasteiger partial charge in [0.15, 0.2) is 49.2 Å². The highest BCUT2D eigenvalue weighted by Gasteiger charge is 2.54. The minimum Gasteiger partial charge on any atom is -0.463 e. The summed E-state index contributed by atoms with van der Waals surface area (Å²) in [4.78, 5) is 138. The third-order valence-electron chi connectivity index (χ3n) is 11.6. The van der Waals surface area contributed by atoms with Crippen LogP contribution in [0.4, 0.5) is 4.79 Å². The fourth-order valence-corrected chi connectivity index (χ4v) is 8.73. The predicted octanol–water partition coefficient (Wildman–Crippen LogP) is 0.716. The van der Waals surface area contributed by atoms with E-state index in [-0.39, 0.29) is 25.6 Å². The van der Waals surface area contributed by atoms with E-state index in [0.29, 0.717) is 0 Å². The second-order valence-electron chi connectivity index (χ2n) is 17.7. The molecule has 2 heterocycles. The summed E-state index contributed by atoms with van der Waals surface area (Å²) in [5.41, 5.74) is 3.73. The van der Waals surface area contributed by atoms with Gasteiger partial charge in [-0.3, -0.25) is 47.9 Å². The summed E-state index contributed by atoms with van der Waals surface area (Å²) in [5.74, 6) is -8.74. The van der Waals surface area contributed by atoms with E-state index < -0.39 is 166 Å². The first-order chi connectivity index (χ1) is 37.0. The number of hydrogen-bond donors (Lipinski definition) is 3. The highest BCUT2D eigenvalue weighted by atomic mass is 16.7. The maximum atomic E-state index is 13.9. The molecule has 3 amide bonds. The van der Waals surface area contributed by atoms with E-state index in [9.17, 15) is 52.7 Å². The van der Waals surface area contributed by atoms with Gasteiger partial charge in [0.2, 0.25) is 11.8 Å². The molecule has 3 aliphatic rings. The molecule has 2 aromatic carbocycles. The number of carbonyl (C=O) groups is 11. The van der Waals surface area contributed by atoms with Crippen molar-refractivity contribution in [3.63, 3.8) is 0 Å². The average Bonchev–Trinajstić information content (AvgIpc) is 3.71. The van der Waals surface area contributed by atoms with Crippen molar-refractivity contribution in [3.05, 3.63) is 59.7 Å². The second-order valence-corrected chi connectivity index (χ2v) is 17.7. The van der Waals surface area contributed by atoms with E-state index in [4.69, 9.17) is 61.6 Å². The van der Waals surface area contributed by atoms with Gasteiger partial charge < -0.3 is 77.5 Å². The molecular weight excluding hydrogens is 1040 g/mol. The van der Waals surface area contributed by atoms with Crippen molar-refractivity contribution in [2.75, 3.05) is 46.1 Å². The quantitative estimate of drug-likeness (QED) is 0.0740. The molecule has 0 unspecified atom stereocenters. The Hall–Kier alpha value is -7.75. The van der Waals surface area contributed by atoms with Gasteiger partial charge in [-0.1, -0.05) is 48.5 Å². The molecule has 27 heteroatoms. The first-order valence-electron chi connectivity index (χ1n) is 24.5. The van der Waals surface area contributed by atoms with Gasteiger partial charge in [0.1, 0.15) is 38.1 Å². The fraction of sp³-hybridized carbons (Fsp3) is 0.549. The molecule has 2 aromatic rings. The zero-order chi connectivity index (χ0) is 57.2. The van der Waals surface area contributed by atoms with Gasteiger partial charge in [-0.25, -0.2) is 4.79 Å². The zero-order valence-electron chi connectivity index (χ0n) is 44.0. The molecule has 2 saturated heterocycles. The van der Waals surface area contributed by atoms with E-state index in [1.807, 2.05) is 48.5 Å². The van der Waals surface area contributed by atoms with Crippen LogP contribution in [0.25, 0.3) is 11.1 Å². The van der Waals surface area contributed by atoms with Crippen LogP contribution >= 0.6 is 0 Å². The first kappa shape index (κ1) is 61.1. The number of benzene rings is 2. The average molecular weight is 1100 g/mol. The predicted molar refractivity (Wildman–Crippen MR) is 258 cm³/mol. The molecule has 2 aliphatic heterocycles. The Labute approximate surface area is 447 Å². The molecule has 0 aromatic heterocycles. The van der Waals surface area contributed by atoms with Crippen molar-refractivity contribution < 1.29 is 114 Å². The molecule has 0 saturated carbocycles. The number of hydrogen-bond acceptors (Lipinski definition) is 24. The number of fused-ring (bicyclic) bond motifs is 3. The Bertz CT molecular complexity index is 2470. The minimum atomic E-state index is -1.62. The van der Waals surface area contributed by atoms with Crippen LogP contribution < -0.4 is 16.0 Å². The van der Waals surface area contributed by atoms with Crippen LogP contribution in [0, 0.1) is 0 Å². The van der Waals surface area contributed by atoms with Gasteiger partial charge in [-0.2, -0.15) is 0 Å². The van der Waals surface area contributed by atoms with E-state index in [2.05, 4.69) is 16.0 Å². The lowest BCUT2D eigenvalue weighted by Gasteiger charge is -2.44. The van der Waals surface area contributed by atoms with Crippen LogP contribution in [-0.2, 0) is 110 Å². The number of nitrogens with one attached hydrogen (secondary N) is 3. The maximum absolute atomic E-state index is 13.9. The minimum absolute atomic E-state index is 0.152. The highest BCUT2D eigenvalue weighted by molar-refractivity contribution is 5.91.